The van der Waals surface area contributed by atoms with Gasteiger partial charge in [-0.25, -0.2) is 0 Å². The fourth-order valence-electron chi connectivity index (χ4n) is 3.06. The number of nitrogens with zero attached hydrogens (tertiary/aromatic N) is 1. The van der Waals surface area contributed by atoms with Crippen molar-refractivity contribution in [3.63, 3.8) is 0 Å². The van der Waals surface area contributed by atoms with Gasteiger partial charge in [0.1, 0.15) is 10.4 Å². The van der Waals surface area contributed by atoms with Crippen LogP contribution in [0.15, 0.2) is 18.3 Å². The van der Waals surface area contributed by atoms with Crippen molar-refractivity contribution in [1.82, 2.24) is 10.3 Å². The number of nitrogens with one attached hydrogen (secondary N) is 1. The number of nitrogens with two attached hydrogens (primary N) is 1. The summed E-state index contributed by atoms with van der Waals surface area (Å²) in [6, 6.07) is 3.81. The summed E-state index contributed by atoms with van der Waals surface area (Å²) < 4.78 is 0.965. The standard InChI is InChI=1S/C16H21N3OS/c17-13-14-12(7-4-9-18-14)21-15(13)16(20)19-10-8-11-5-2-1-3-6-11/h4,7,9,11H,1-3,5-6,8,10,17H2,(H,19,20). The highest BCUT2D eigenvalue weighted by atomic mass is 32.1. The molecule has 1 aliphatic rings. The highest BCUT2D eigenvalue weighted by Gasteiger charge is 2.18. The first-order valence-electron chi connectivity index (χ1n) is 7.67. The van der Waals surface area contributed by atoms with Gasteiger partial charge in [-0.15, -0.1) is 11.3 Å². The zero-order valence-electron chi connectivity index (χ0n) is 12.1. The fraction of sp³-hybridized carbons (Fsp3) is 0.500. The van der Waals surface area contributed by atoms with Crippen LogP contribution < -0.4 is 11.1 Å². The number of hydrogen-bond donors (Lipinski definition) is 2. The first-order chi connectivity index (χ1) is 10.3. The molecule has 0 radical (unpaired) electrons. The van der Waals surface area contributed by atoms with Crippen LogP contribution in [0.5, 0.6) is 0 Å². The van der Waals surface area contributed by atoms with E-state index in [1.807, 2.05) is 12.1 Å². The molecule has 3 rings (SSSR count). The molecule has 2 aromatic heterocycles. The van der Waals surface area contributed by atoms with Crippen molar-refractivity contribution in [3.8, 4) is 0 Å². The monoisotopic (exact) mass is 303 g/mol. The van der Waals surface area contributed by atoms with E-state index in [-0.39, 0.29) is 5.91 Å². The number of nitrogen functional groups attached to an aromatic ring is 1. The van der Waals surface area contributed by atoms with E-state index in [0.717, 1.165) is 29.1 Å². The van der Waals surface area contributed by atoms with Crippen LogP contribution in [-0.2, 0) is 0 Å². The molecule has 0 aromatic carbocycles. The Hall–Kier alpha value is -1.62. The van der Waals surface area contributed by atoms with E-state index in [9.17, 15) is 4.79 Å². The van der Waals surface area contributed by atoms with Gasteiger partial charge in [0.05, 0.1) is 10.4 Å². The third-order valence-corrected chi connectivity index (χ3v) is 5.41. The number of anilines is 1. The maximum absolute atomic E-state index is 12.3. The smallest absolute Gasteiger partial charge is 0.263 e. The number of carbonyl (C=O) groups excluding carboxylic acids is 1. The van der Waals surface area contributed by atoms with Crippen LogP contribution in [-0.4, -0.2) is 17.4 Å². The van der Waals surface area contributed by atoms with Gasteiger partial charge >= 0.3 is 0 Å². The molecule has 0 saturated heterocycles. The van der Waals surface area contributed by atoms with Crippen LogP contribution in [0.1, 0.15) is 48.2 Å². The predicted octanol–water partition coefficient (Wildman–Crippen LogP) is 3.58. The van der Waals surface area contributed by atoms with Gasteiger partial charge in [0.2, 0.25) is 0 Å². The second-order valence-corrected chi connectivity index (χ2v) is 6.80. The number of pyridine rings is 1. The molecule has 21 heavy (non-hydrogen) atoms. The van der Waals surface area contributed by atoms with Gasteiger partial charge in [0, 0.05) is 12.7 Å². The zero-order valence-corrected chi connectivity index (χ0v) is 12.9. The van der Waals surface area contributed by atoms with E-state index in [2.05, 4.69) is 10.3 Å². The summed E-state index contributed by atoms with van der Waals surface area (Å²) in [5.41, 5.74) is 7.28. The van der Waals surface area contributed by atoms with Crippen molar-refractivity contribution in [2.24, 2.45) is 5.92 Å². The molecule has 3 N–H and O–H groups in total. The topological polar surface area (TPSA) is 68.0 Å². The molecule has 1 amide bonds. The third kappa shape index (κ3) is 3.18. The Morgan fingerprint density at radius 1 is 1.38 bits per heavy atom. The highest BCUT2D eigenvalue weighted by molar-refractivity contribution is 7.21. The maximum Gasteiger partial charge on any atom is 0.263 e. The number of amides is 1. The number of hydrogen-bond acceptors (Lipinski definition) is 4. The minimum Gasteiger partial charge on any atom is -0.396 e. The van der Waals surface area contributed by atoms with Crippen molar-refractivity contribution in [1.29, 1.82) is 0 Å². The first kappa shape index (κ1) is 14.3. The molecule has 5 heteroatoms. The molecule has 112 valence electrons. The van der Waals surface area contributed by atoms with Crippen molar-refractivity contribution in [2.75, 3.05) is 12.3 Å². The summed E-state index contributed by atoms with van der Waals surface area (Å²) in [6.07, 6.45) is 9.45. The predicted molar refractivity (Wildman–Crippen MR) is 87.6 cm³/mol. The normalized spacial score (nSPS) is 16.2. The summed E-state index contributed by atoms with van der Waals surface area (Å²) in [5, 5.41) is 3.01. The Labute approximate surface area is 128 Å². The lowest BCUT2D eigenvalue weighted by Crippen LogP contribution is -2.26. The molecule has 0 atom stereocenters. The molecule has 1 aliphatic carbocycles. The summed E-state index contributed by atoms with van der Waals surface area (Å²) in [4.78, 5) is 17.1. The Kier molecular flexibility index (Phi) is 4.39. The molecule has 4 nitrogen and oxygen atoms in total. The second kappa shape index (κ2) is 6.43. The van der Waals surface area contributed by atoms with Crippen molar-refractivity contribution >= 4 is 33.1 Å². The van der Waals surface area contributed by atoms with Gasteiger partial charge in [-0.1, -0.05) is 32.1 Å². The molecule has 0 aliphatic heterocycles. The summed E-state index contributed by atoms with van der Waals surface area (Å²) in [7, 11) is 0. The van der Waals surface area contributed by atoms with Crippen molar-refractivity contribution in [3.05, 3.63) is 23.2 Å². The molecule has 0 spiro atoms. The van der Waals surface area contributed by atoms with Gasteiger partial charge < -0.3 is 11.1 Å². The number of thiophene rings is 1. The Balaban J connectivity index is 1.60. The average Bonchev–Trinajstić information content (AvgIpc) is 2.86. The first-order valence-corrected chi connectivity index (χ1v) is 8.48. The van der Waals surface area contributed by atoms with Gasteiger partial charge in [-0.3, -0.25) is 9.78 Å². The molecule has 1 fully saturated rings. The van der Waals surface area contributed by atoms with Crippen LogP contribution in [0.2, 0.25) is 0 Å². The van der Waals surface area contributed by atoms with Gasteiger partial charge in [-0.05, 0) is 24.5 Å². The summed E-state index contributed by atoms with van der Waals surface area (Å²) in [5.74, 6) is 0.715. The minimum atomic E-state index is -0.0636. The molecule has 2 aromatic rings. The van der Waals surface area contributed by atoms with E-state index in [0.29, 0.717) is 10.6 Å². The zero-order chi connectivity index (χ0) is 14.7. The molecular formula is C16H21N3OS. The Morgan fingerprint density at radius 3 is 2.95 bits per heavy atom. The number of carbonyl (C=O) groups is 1. The van der Waals surface area contributed by atoms with Crippen molar-refractivity contribution < 1.29 is 4.79 Å². The Morgan fingerprint density at radius 2 is 2.19 bits per heavy atom. The van der Waals surface area contributed by atoms with Gasteiger partial charge in [-0.2, -0.15) is 0 Å². The summed E-state index contributed by atoms with van der Waals surface area (Å²) in [6.45, 7) is 0.741. The molecule has 1 saturated carbocycles. The van der Waals surface area contributed by atoms with Crippen LogP contribution in [0.3, 0.4) is 0 Å². The van der Waals surface area contributed by atoms with E-state index in [1.165, 1.54) is 43.4 Å². The minimum absolute atomic E-state index is 0.0636. The average molecular weight is 303 g/mol. The Bertz CT molecular complexity index is 631. The maximum atomic E-state index is 12.3. The van der Waals surface area contributed by atoms with Gasteiger partial charge in [0.15, 0.2) is 0 Å². The van der Waals surface area contributed by atoms with E-state index < -0.39 is 0 Å². The van der Waals surface area contributed by atoms with Crippen LogP contribution in [0, 0.1) is 5.92 Å². The van der Waals surface area contributed by atoms with Crippen LogP contribution in [0.4, 0.5) is 5.69 Å². The third-order valence-electron chi connectivity index (χ3n) is 4.25. The lowest BCUT2D eigenvalue weighted by molar-refractivity contribution is 0.0955. The lowest BCUT2D eigenvalue weighted by atomic mass is 9.87. The van der Waals surface area contributed by atoms with E-state index in [1.54, 1.807) is 6.20 Å². The van der Waals surface area contributed by atoms with E-state index >= 15 is 0 Å². The molecule has 0 unspecified atom stereocenters. The van der Waals surface area contributed by atoms with Crippen LogP contribution in [0.25, 0.3) is 10.2 Å². The van der Waals surface area contributed by atoms with Crippen LogP contribution >= 0.6 is 11.3 Å². The molecule has 2 heterocycles. The van der Waals surface area contributed by atoms with E-state index in [4.69, 9.17) is 5.73 Å². The number of rotatable bonds is 4. The fourth-order valence-corrected chi connectivity index (χ4v) is 4.06. The van der Waals surface area contributed by atoms with Crippen molar-refractivity contribution in [2.45, 2.75) is 38.5 Å². The highest BCUT2D eigenvalue weighted by Crippen LogP contribution is 2.31. The SMILES string of the molecule is Nc1c(C(=O)NCCC2CCCCC2)sc2cccnc12. The largest absolute Gasteiger partial charge is 0.396 e. The molecule has 0 bridgehead atoms. The number of aromatic nitrogens is 1. The quantitative estimate of drug-likeness (QED) is 0.907. The molecular weight excluding hydrogens is 282 g/mol. The summed E-state index contributed by atoms with van der Waals surface area (Å²) >= 11 is 1.42. The second-order valence-electron chi connectivity index (χ2n) is 5.74. The van der Waals surface area contributed by atoms with Gasteiger partial charge in [0.25, 0.3) is 5.91 Å². The lowest BCUT2D eigenvalue weighted by Gasteiger charge is -2.21. The number of fused-ring (bicyclic) bond motifs is 1.